The first kappa shape index (κ1) is 22.2. The van der Waals surface area contributed by atoms with Gasteiger partial charge >= 0.3 is 0 Å². The Morgan fingerprint density at radius 3 is 2.50 bits per heavy atom. The fraction of sp³-hybridized carbons (Fsp3) is 0.500. The van der Waals surface area contributed by atoms with Crippen LogP contribution in [0.25, 0.3) is 22.3 Å². The van der Waals surface area contributed by atoms with Crippen molar-refractivity contribution in [2.75, 3.05) is 7.11 Å². The van der Waals surface area contributed by atoms with Crippen molar-refractivity contribution in [1.82, 2.24) is 35.3 Å². The lowest BCUT2D eigenvalue weighted by molar-refractivity contribution is 0.135. The Labute approximate surface area is 197 Å². The first-order chi connectivity index (χ1) is 16.4. The van der Waals surface area contributed by atoms with Crippen molar-refractivity contribution in [2.45, 2.75) is 71.3 Å². The lowest BCUT2D eigenvalue weighted by Crippen LogP contribution is -2.24. The lowest BCUT2D eigenvalue weighted by atomic mass is 9.87. The van der Waals surface area contributed by atoms with Crippen LogP contribution in [0.5, 0.6) is 11.8 Å². The predicted molar refractivity (Wildman–Crippen MR) is 125 cm³/mol. The zero-order chi connectivity index (χ0) is 23.8. The minimum absolute atomic E-state index is 0.0531. The molecule has 1 N–H and O–H groups in total. The Morgan fingerprint density at radius 2 is 1.82 bits per heavy atom. The van der Waals surface area contributed by atoms with E-state index in [0.29, 0.717) is 23.1 Å². The third kappa shape index (κ3) is 4.20. The molecule has 10 nitrogen and oxygen atoms in total. The molecule has 178 valence electrons. The average molecular weight is 464 g/mol. The highest BCUT2D eigenvalue weighted by Crippen LogP contribution is 2.36. The predicted octanol–water partition coefficient (Wildman–Crippen LogP) is 4.65. The SMILES string of the molecule is COc1ccc(-c2n[nH]c3c(OC4CCC(c5nc(C(C)C)no5)CC4)nc(C)nc23)c(C)n1. The van der Waals surface area contributed by atoms with Gasteiger partial charge in [-0.25, -0.2) is 9.97 Å². The molecule has 5 rings (SSSR count). The van der Waals surface area contributed by atoms with E-state index in [0.717, 1.165) is 59.9 Å². The molecule has 4 aromatic heterocycles. The Kier molecular flexibility index (Phi) is 5.89. The maximum absolute atomic E-state index is 6.37. The summed E-state index contributed by atoms with van der Waals surface area (Å²) in [6.45, 7) is 7.92. The first-order valence-corrected chi connectivity index (χ1v) is 11.7. The van der Waals surface area contributed by atoms with Gasteiger partial charge in [0, 0.05) is 23.5 Å². The van der Waals surface area contributed by atoms with Gasteiger partial charge in [-0.3, -0.25) is 5.10 Å². The molecule has 0 saturated heterocycles. The fourth-order valence-corrected chi connectivity index (χ4v) is 4.39. The number of aryl methyl sites for hydroxylation is 2. The number of nitrogens with zero attached hydrogens (tertiary/aromatic N) is 6. The summed E-state index contributed by atoms with van der Waals surface area (Å²) in [7, 11) is 1.60. The molecule has 0 bridgehead atoms. The van der Waals surface area contributed by atoms with Gasteiger partial charge in [-0.05, 0) is 45.6 Å². The van der Waals surface area contributed by atoms with Crippen LogP contribution in [-0.2, 0) is 0 Å². The molecule has 10 heteroatoms. The second-order valence-electron chi connectivity index (χ2n) is 9.10. The maximum Gasteiger partial charge on any atom is 0.243 e. The molecule has 4 heterocycles. The molecule has 1 saturated carbocycles. The number of hydrogen-bond acceptors (Lipinski definition) is 9. The minimum Gasteiger partial charge on any atom is -0.481 e. The van der Waals surface area contributed by atoms with Gasteiger partial charge in [-0.15, -0.1) is 0 Å². The highest BCUT2D eigenvalue weighted by Gasteiger charge is 2.29. The third-order valence-electron chi connectivity index (χ3n) is 6.29. The molecule has 0 radical (unpaired) electrons. The Hall–Kier alpha value is -3.56. The number of aromatic amines is 1. The van der Waals surface area contributed by atoms with E-state index in [-0.39, 0.29) is 17.9 Å². The van der Waals surface area contributed by atoms with Crippen molar-refractivity contribution in [2.24, 2.45) is 0 Å². The number of fused-ring (bicyclic) bond motifs is 1. The topological polar surface area (TPSA) is 125 Å². The van der Waals surface area contributed by atoms with E-state index in [1.165, 1.54) is 0 Å². The fourth-order valence-electron chi connectivity index (χ4n) is 4.39. The van der Waals surface area contributed by atoms with Gasteiger partial charge in [0.2, 0.25) is 17.7 Å². The van der Waals surface area contributed by atoms with Crippen LogP contribution >= 0.6 is 0 Å². The lowest BCUT2D eigenvalue weighted by Gasteiger charge is -2.26. The number of nitrogens with one attached hydrogen (secondary N) is 1. The van der Waals surface area contributed by atoms with E-state index < -0.39 is 0 Å². The first-order valence-electron chi connectivity index (χ1n) is 11.7. The van der Waals surface area contributed by atoms with Gasteiger partial charge in [0.05, 0.1) is 12.8 Å². The minimum atomic E-state index is 0.0531. The molecule has 1 fully saturated rings. The molecule has 0 aromatic carbocycles. The summed E-state index contributed by atoms with van der Waals surface area (Å²) >= 11 is 0. The molecule has 0 unspecified atom stereocenters. The Morgan fingerprint density at radius 1 is 1.03 bits per heavy atom. The average Bonchev–Trinajstić information content (AvgIpc) is 3.47. The van der Waals surface area contributed by atoms with E-state index in [4.69, 9.17) is 14.0 Å². The number of aromatic nitrogens is 7. The number of ether oxygens (including phenoxy) is 2. The van der Waals surface area contributed by atoms with Crippen LogP contribution in [-0.4, -0.2) is 48.5 Å². The molecule has 34 heavy (non-hydrogen) atoms. The largest absolute Gasteiger partial charge is 0.481 e. The van der Waals surface area contributed by atoms with Crippen molar-refractivity contribution < 1.29 is 14.0 Å². The van der Waals surface area contributed by atoms with Crippen LogP contribution in [0.2, 0.25) is 0 Å². The smallest absolute Gasteiger partial charge is 0.243 e. The van der Waals surface area contributed by atoms with Crippen LogP contribution in [0.3, 0.4) is 0 Å². The molecule has 1 aliphatic rings. The highest BCUT2D eigenvalue weighted by molar-refractivity contribution is 5.92. The molecule has 0 amide bonds. The van der Waals surface area contributed by atoms with Crippen molar-refractivity contribution in [3.63, 3.8) is 0 Å². The molecular formula is C24H29N7O3. The van der Waals surface area contributed by atoms with Gasteiger partial charge in [0.25, 0.3) is 0 Å². The van der Waals surface area contributed by atoms with E-state index in [1.807, 2.05) is 26.0 Å². The molecule has 1 aliphatic carbocycles. The number of rotatable bonds is 6. The van der Waals surface area contributed by atoms with Gasteiger partial charge in [0.15, 0.2) is 5.82 Å². The second kappa shape index (κ2) is 9.00. The Bertz CT molecular complexity index is 1310. The molecule has 0 spiro atoms. The molecule has 0 atom stereocenters. The summed E-state index contributed by atoms with van der Waals surface area (Å²) < 4.78 is 17.1. The van der Waals surface area contributed by atoms with Gasteiger partial charge in [-0.1, -0.05) is 19.0 Å². The number of H-pyrrole nitrogens is 1. The van der Waals surface area contributed by atoms with Crippen LogP contribution < -0.4 is 9.47 Å². The van der Waals surface area contributed by atoms with Crippen LogP contribution in [0.1, 0.15) is 74.6 Å². The Balaban J connectivity index is 1.35. The van der Waals surface area contributed by atoms with E-state index >= 15 is 0 Å². The van der Waals surface area contributed by atoms with Gasteiger partial charge in [-0.2, -0.15) is 15.1 Å². The van der Waals surface area contributed by atoms with Crippen molar-refractivity contribution in [3.8, 4) is 23.0 Å². The zero-order valence-corrected chi connectivity index (χ0v) is 20.1. The van der Waals surface area contributed by atoms with Crippen LogP contribution in [0.15, 0.2) is 16.7 Å². The van der Waals surface area contributed by atoms with Crippen molar-refractivity contribution >= 4 is 11.0 Å². The zero-order valence-electron chi connectivity index (χ0n) is 20.1. The maximum atomic E-state index is 6.37. The van der Waals surface area contributed by atoms with Gasteiger partial charge in [0.1, 0.15) is 28.7 Å². The summed E-state index contributed by atoms with van der Waals surface area (Å²) in [6, 6.07) is 3.76. The number of hydrogen-bond donors (Lipinski definition) is 1. The summed E-state index contributed by atoms with van der Waals surface area (Å²) in [5, 5.41) is 11.7. The highest BCUT2D eigenvalue weighted by atomic mass is 16.5. The van der Waals surface area contributed by atoms with E-state index in [2.05, 4.69) is 49.1 Å². The molecule has 0 aliphatic heterocycles. The van der Waals surface area contributed by atoms with Crippen LogP contribution in [0.4, 0.5) is 0 Å². The third-order valence-corrected chi connectivity index (χ3v) is 6.29. The van der Waals surface area contributed by atoms with E-state index in [9.17, 15) is 0 Å². The van der Waals surface area contributed by atoms with E-state index in [1.54, 1.807) is 7.11 Å². The molecular weight excluding hydrogens is 434 g/mol. The monoisotopic (exact) mass is 463 g/mol. The second-order valence-corrected chi connectivity index (χ2v) is 9.10. The summed E-state index contributed by atoms with van der Waals surface area (Å²) in [5.74, 6) is 3.77. The van der Waals surface area contributed by atoms with Crippen LogP contribution in [0, 0.1) is 13.8 Å². The summed E-state index contributed by atoms with van der Waals surface area (Å²) in [5.41, 5.74) is 3.83. The number of pyridine rings is 1. The number of methoxy groups -OCH3 is 1. The summed E-state index contributed by atoms with van der Waals surface area (Å²) in [6.07, 6.45) is 3.69. The van der Waals surface area contributed by atoms with Gasteiger partial charge < -0.3 is 14.0 Å². The normalized spacial score (nSPS) is 18.5. The quantitative estimate of drug-likeness (QED) is 0.435. The van der Waals surface area contributed by atoms with Crippen molar-refractivity contribution in [1.29, 1.82) is 0 Å². The standard InChI is InChI=1S/C24H29N7O3/c1-12(2)22-28-23(34-31-22)15-6-8-16(9-7-15)33-24-21-20(26-14(4)27-24)19(29-30-21)17-10-11-18(32-5)25-13(17)3/h10-12,15-16H,6-9H2,1-5H3,(H,29,30). The van der Waals surface area contributed by atoms with Crippen molar-refractivity contribution in [3.05, 3.63) is 35.4 Å². The molecule has 4 aromatic rings. The summed E-state index contributed by atoms with van der Waals surface area (Å²) in [4.78, 5) is 18.3.